The van der Waals surface area contributed by atoms with Gasteiger partial charge in [0.25, 0.3) is 0 Å². The average Bonchev–Trinajstić information content (AvgIpc) is 2.31. The minimum absolute atomic E-state index is 0.604. The number of nitrogens with zero attached hydrogens (tertiary/aromatic N) is 1. The number of aromatic nitrogens is 1. The van der Waals surface area contributed by atoms with Crippen LogP contribution in [0.3, 0.4) is 0 Å². The third-order valence-corrected chi connectivity index (χ3v) is 1.19. The number of rotatable bonds is 1. The van der Waals surface area contributed by atoms with Crippen LogP contribution in [0.15, 0.2) is 12.3 Å². The predicted octanol–water partition coefficient (Wildman–Crippen LogP) is 0.682. The number of hydrogen-bond donors (Lipinski definition) is 1. The SMILES string of the molecule is COC.Cn1cc(N)cc1C=O. The fourth-order valence-corrected chi connectivity index (χ4v) is 0.725. The fourth-order valence-electron chi connectivity index (χ4n) is 0.725. The number of nitrogens with two attached hydrogens (primary N) is 1. The molecule has 2 N–H and O–H groups in total. The van der Waals surface area contributed by atoms with Crippen LogP contribution in [0, 0.1) is 0 Å². The maximum atomic E-state index is 10.2. The van der Waals surface area contributed by atoms with Crippen LogP contribution in [-0.2, 0) is 11.8 Å². The molecule has 0 aliphatic rings. The molecule has 0 bridgehead atoms. The Morgan fingerprint density at radius 1 is 1.58 bits per heavy atom. The number of aryl methyl sites for hydroxylation is 1. The number of carbonyl (C=O) groups is 1. The van der Waals surface area contributed by atoms with Crippen LogP contribution >= 0.6 is 0 Å². The van der Waals surface area contributed by atoms with Gasteiger partial charge in [0.1, 0.15) is 0 Å². The maximum Gasteiger partial charge on any atom is 0.166 e. The van der Waals surface area contributed by atoms with Crippen molar-refractivity contribution in [2.75, 3.05) is 20.0 Å². The highest BCUT2D eigenvalue weighted by atomic mass is 16.4. The van der Waals surface area contributed by atoms with Gasteiger partial charge in [-0.3, -0.25) is 4.79 Å². The molecule has 0 fully saturated rings. The van der Waals surface area contributed by atoms with Crippen molar-refractivity contribution >= 4 is 12.0 Å². The van der Waals surface area contributed by atoms with E-state index in [1.54, 1.807) is 38.1 Å². The topological polar surface area (TPSA) is 57.2 Å². The van der Waals surface area contributed by atoms with E-state index in [9.17, 15) is 4.79 Å². The molecule has 4 nitrogen and oxygen atoms in total. The van der Waals surface area contributed by atoms with Crippen molar-refractivity contribution in [1.29, 1.82) is 0 Å². The van der Waals surface area contributed by atoms with Gasteiger partial charge in [0, 0.05) is 27.5 Å². The van der Waals surface area contributed by atoms with Crippen LogP contribution in [-0.4, -0.2) is 25.1 Å². The Labute approximate surface area is 71.9 Å². The van der Waals surface area contributed by atoms with E-state index in [0.29, 0.717) is 11.4 Å². The first-order chi connectivity index (χ1) is 5.65. The third-order valence-electron chi connectivity index (χ3n) is 1.19. The van der Waals surface area contributed by atoms with Crippen molar-refractivity contribution in [2.24, 2.45) is 7.05 Å². The largest absolute Gasteiger partial charge is 0.397 e. The fraction of sp³-hybridized carbons (Fsp3) is 0.375. The van der Waals surface area contributed by atoms with E-state index >= 15 is 0 Å². The molecule has 0 unspecified atom stereocenters. The summed E-state index contributed by atoms with van der Waals surface area (Å²) >= 11 is 0. The van der Waals surface area contributed by atoms with Crippen LogP contribution in [0.5, 0.6) is 0 Å². The summed E-state index contributed by atoms with van der Waals surface area (Å²) in [4.78, 5) is 10.2. The molecular formula is C8H14N2O2. The molecule has 1 heterocycles. The van der Waals surface area contributed by atoms with Crippen molar-refractivity contribution < 1.29 is 9.53 Å². The maximum absolute atomic E-state index is 10.2. The van der Waals surface area contributed by atoms with E-state index in [4.69, 9.17) is 5.73 Å². The van der Waals surface area contributed by atoms with Gasteiger partial charge in [0.2, 0.25) is 0 Å². The lowest BCUT2D eigenvalue weighted by atomic mass is 10.4. The van der Waals surface area contributed by atoms with Crippen molar-refractivity contribution in [1.82, 2.24) is 4.57 Å². The Bertz CT molecular complexity index is 243. The second-order valence-corrected chi connectivity index (χ2v) is 2.34. The molecule has 0 aliphatic carbocycles. The summed E-state index contributed by atoms with van der Waals surface area (Å²) in [5.41, 5.74) is 6.60. The van der Waals surface area contributed by atoms with Gasteiger partial charge in [-0.25, -0.2) is 0 Å². The molecule has 0 aromatic carbocycles. The molecule has 4 heteroatoms. The van der Waals surface area contributed by atoms with Crippen LogP contribution < -0.4 is 5.73 Å². The Morgan fingerprint density at radius 3 is 2.25 bits per heavy atom. The van der Waals surface area contributed by atoms with Crippen molar-refractivity contribution in [2.45, 2.75) is 0 Å². The van der Waals surface area contributed by atoms with Gasteiger partial charge in [-0.15, -0.1) is 0 Å². The highest BCUT2D eigenvalue weighted by molar-refractivity contribution is 5.74. The number of aldehydes is 1. The molecule has 0 spiro atoms. The normalized spacial score (nSPS) is 8.58. The molecule has 1 rings (SSSR count). The molecule has 0 amide bonds. The van der Waals surface area contributed by atoms with Gasteiger partial charge < -0.3 is 15.0 Å². The lowest BCUT2D eigenvalue weighted by Gasteiger charge is -1.88. The van der Waals surface area contributed by atoms with E-state index in [1.807, 2.05) is 0 Å². The van der Waals surface area contributed by atoms with Crippen molar-refractivity contribution in [3.05, 3.63) is 18.0 Å². The highest BCUT2D eigenvalue weighted by Gasteiger charge is 1.95. The zero-order chi connectivity index (χ0) is 9.56. The lowest BCUT2D eigenvalue weighted by molar-refractivity contribution is 0.111. The van der Waals surface area contributed by atoms with Crippen LogP contribution in [0.1, 0.15) is 10.5 Å². The molecule has 0 radical (unpaired) electrons. The first-order valence-electron chi connectivity index (χ1n) is 3.42. The third kappa shape index (κ3) is 3.21. The Hall–Kier alpha value is -1.29. The molecule has 68 valence electrons. The van der Waals surface area contributed by atoms with E-state index in [0.717, 1.165) is 6.29 Å². The number of hydrogen-bond acceptors (Lipinski definition) is 3. The molecule has 1 aromatic rings. The van der Waals surface area contributed by atoms with Gasteiger partial charge >= 0.3 is 0 Å². The highest BCUT2D eigenvalue weighted by Crippen LogP contribution is 2.04. The lowest BCUT2D eigenvalue weighted by Crippen LogP contribution is -1.90. The van der Waals surface area contributed by atoms with E-state index in [1.165, 1.54) is 0 Å². The molecule has 0 atom stereocenters. The molecule has 1 aromatic heterocycles. The number of nitrogen functional groups attached to an aromatic ring is 1. The number of ether oxygens (including phenoxy) is 1. The van der Waals surface area contributed by atoms with Crippen LogP contribution in [0.4, 0.5) is 5.69 Å². The zero-order valence-electron chi connectivity index (χ0n) is 7.57. The van der Waals surface area contributed by atoms with Gasteiger partial charge in [0.05, 0.1) is 11.4 Å². The monoisotopic (exact) mass is 170 g/mol. The number of carbonyl (C=O) groups excluding carboxylic acids is 1. The Morgan fingerprint density at radius 2 is 2.08 bits per heavy atom. The summed E-state index contributed by atoms with van der Waals surface area (Å²) in [6.45, 7) is 0. The summed E-state index contributed by atoms with van der Waals surface area (Å²) in [6.07, 6.45) is 2.47. The van der Waals surface area contributed by atoms with E-state index in [-0.39, 0.29) is 0 Å². The van der Waals surface area contributed by atoms with Crippen LogP contribution in [0.25, 0.3) is 0 Å². The van der Waals surface area contributed by atoms with Crippen molar-refractivity contribution in [3.8, 4) is 0 Å². The zero-order valence-corrected chi connectivity index (χ0v) is 7.57. The number of anilines is 1. The molecule has 0 saturated carbocycles. The minimum atomic E-state index is 0.604. The van der Waals surface area contributed by atoms with E-state index < -0.39 is 0 Å². The quantitative estimate of drug-likeness (QED) is 0.630. The summed E-state index contributed by atoms with van der Waals surface area (Å²) < 4.78 is 5.93. The Balaban J connectivity index is 0.000000354. The standard InChI is InChI=1S/C6H8N2O.C2H6O/c1-8-3-5(7)2-6(8)4-9;1-3-2/h2-4H,7H2,1H3;1-2H3. The van der Waals surface area contributed by atoms with Gasteiger partial charge in [-0.1, -0.05) is 0 Å². The second kappa shape index (κ2) is 5.37. The van der Waals surface area contributed by atoms with Gasteiger partial charge in [0.15, 0.2) is 6.29 Å². The summed E-state index contributed by atoms with van der Waals surface area (Å²) in [7, 11) is 5.03. The second-order valence-electron chi connectivity index (χ2n) is 2.34. The van der Waals surface area contributed by atoms with Gasteiger partial charge in [-0.05, 0) is 6.07 Å². The Kier molecular flexibility index (Phi) is 4.79. The van der Waals surface area contributed by atoms with Crippen molar-refractivity contribution in [3.63, 3.8) is 0 Å². The average molecular weight is 170 g/mol. The molecule has 12 heavy (non-hydrogen) atoms. The summed E-state index contributed by atoms with van der Waals surface area (Å²) in [6, 6.07) is 1.63. The molecule has 0 saturated heterocycles. The van der Waals surface area contributed by atoms with Gasteiger partial charge in [-0.2, -0.15) is 0 Å². The number of methoxy groups -OCH3 is 1. The predicted molar refractivity (Wildman–Crippen MR) is 48.1 cm³/mol. The summed E-state index contributed by atoms with van der Waals surface area (Å²) in [5.74, 6) is 0. The van der Waals surface area contributed by atoms with Crippen LogP contribution in [0.2, 0.25) is 0 Å². The molecular weight excluding hydrogens is 156 g/mol. The smallest absolute Gasteiger partial charge is 0.166 e. The summed E-state index contributed by atoms with van der Waals surface area (Å²) in [5, 5.41) is 0. The minimum Gasteiger partial charge on any atom is -0.397 e. The van der Waals surface area contributed by atoms with E-state index in [2.05, 4.69) is 4.74 Å². The first kappa shape index (κ1) is 10.7. The molecule has 0 aliphatic heterocycles. The first-order valence-corrected chi connectivity index (χ1v) is 3.42.